The Morgan fingerprint density at radius 2 is 0.423 bits per heavy atom. The molecule has 0 aromatic rings. The molecule has 0 fully saturated rings. The second-order valence-electron chi connectivity index (χ2n) is 20.5. The van der Waals surface area contributed by atoms with E-state index >= 15 is 0 Å². The summed E-state index contributed by atoms with van der Waals surface area (Å²) in [6, 6.07) is 0. The van der Waals surface area contributed by atoms with E-state index in [-0.39, 0.29) is 26.4 Å². The van der Waals surface area contributed by atoms with E-state index in [4.69, 9.17) is 40.5 Å². The van der Waals surface area contributed by atoms with Crippen molar-refractivity contribution in [1.82, 2.24) is 0 Å². The molecule has 11 heteroatoms. The van der Waals surface area contributed by atoms with E-state index in [1.807, 2.05) is 0 Å². The van der Waals surface area contributed by atoms with Crippen molar-refractivity contribution in [3.8, 4) is 0 Å². The van der Waals surface area contributed by atoms with Gasteiger partial charge in [0.05, 0.1) is 26.4 Å². The lowest BCUT2D eigenvalue weighted by molar-refractivity contribution is -0.138. The Hall–Kier alpha value is -1.79. The van der Waals surface area contributed by atoms with E-state index in [2.05, 4.69) is 20.8 Å². The average Bonchev–Trinajstić information content (AvgIpc) is 3.35. The monoisotopic (exact) mass is 1020 g/mol. The first kappa shape index (κ1) is 75.7. The average molecular weight is 1020 g/mol. The molecule has 0 aliphatic carbocycles. The van der Waals surface area contributed by atoms with Crippen LogP contribution in [0.1, 0.15) is 329 Å². The molecular weight excluding hydrogens is 897 g/mol. The van der Waals surface area contributed by atoms with E-state index in [0.29, 0.717) is 19.3 Å². The molecule has 0 bridgehead atoms. The number of hydrogen-bond acceptors (Lipinski definition) is 8. The van der Waals surface area contributed by atoms with Crippen LogP contribution in [0.25, 0.3) is 0 Å². The molecule has 0 heterocycles. The zero-order valence-corrected chi connectivity index (χ0v) is 47.2. The summed E-state index contributed by atoms with van der Waals surface area (Å²) < 4.78 is 4.72. The number of carbonyl (C=O) groups is 3. The Labute approximate surface area is 438 Å². The predicted octanol–water partition coefficient (Wildman–Crippen LogP) is 16.7. The van der Waals surface area contributed by atoms with Gasteiger partial charge in [-0.1, -0.05) is 290 Å². The minimum atomic E-state index is -0.916. The van der Waals surface area contributed by atoms with Crippen molar-refractivity contribution >= 4 is 17.9 Å². The normalized spacial score (nSPS) is 11.7. The van der Waals surface area contributed by atoms with Crippen molar-refractivity contribution in [3.05, 3.63) is 0 Å². The topological polar surface area (TPSA) is 202 Å². The number of ether oxygens (including phenoxy) is 1. The lowest BCUT2D eigenvalue weighted by Gasteiger charge is -2.10. The molecule has 11 nitrogen and oxygen atoms in total. The first-order chi connectivity index (χ1) is 34.5. The highest BCUT2D eigenvalue weighted by atomic mass is 16.5. The van der Waals surface area contributed by atoms with E-state index in [9.17, 15) is 14.4 Å². The van der Waals surface area contributed by atoms with Crippen molar-refractivity contribution in [1.29, 1.82) is 0 Å². The molecule has 0 aliphatic heterocycles. The maximum Gasteiger partial charge on any atom is 0.303 e. The van der Waals surface area contributed by atoms with Crippen LogP contribution in [0.5, 0.6) is 0 Å². The zero-order valence-electron chi connectivity index (χ0n) is 47.2. The SMILES string of the molecule is CCCCCCCCCCCCCCCCCC(=O)O.CCCCCCCCCCCCCCCCCC(=O)O.CCCCCCCCCCCCCCCCCC(=O)O.OCC(O)COCC(O)CO. The lowest BCUT2D eigenvalue weighted by atomic mass is 10.0. The standard InChI is InChI=1S/3C18H36O2.C6H14O5/c3*1-2-3-4-5-6-7-8-9-10-11-12-13-14-15-16-17-18(19)20;7-1-5(9)3-11-4-6(10)2-8/h3*2-17H2,1H3,(H,19,20);5-10H,1-4H2. The fraction of sp³-hybridized carbons (Fsp3) is 0.950. The third-order valence-corrected chi connectivity index (χ3v) is 13.0. The zero-order chi connectivity index (χ0) is 53.4. The van der Waals surface area contributed by atoms with Crippen LogP contribution in [0.15, 0.2) is 0 Å². The van der Waals surface area contributed by atoms with E-state index in [1.165, 1.54) is 250 Å². The summed E-state index contributed by atoms with van der Waals surface area (Å²) in [7, 11) is 0. The maximum absolute atomic E-state index is 10.3. The third kappa shape index (κ3) is 85.3. The number of hydrogen-bond donors (Lipinski definition) is 7. The van der Waals surface area contributed by atoms with Crippen molar-refractivity contribution in [2.45, 2.75) is 341 Å². The number of aliphatic carboxylic acids is 3. The molecule has 0 saturated heterocycles. The van der Waals surface area contributed by atoms with Gasteiger partial charge in [-0.15, -0.1) is 0 Å². The summed E-state index contributed by atoms with van der Waals surface area (Å²) >= 11 is 0. The van der Waals surface area contributed by atoms with Crippen LogP contribution in [-0.4, -0.2) is 92.3 Å². The number of rotatable bonds is 54. The van der Waals surface area contributed by atoms with Gasteiger partial charge in [-0.25, -0.2) is 0 Å². The molecule has 71 heavy (non-hydrogen) atoms. The van der Waals surface area contributed by atoms with Crippen LogP contribution in [0, 0.1) is 0 Å². The molecule has 0 radical (unpaired) electrons. The van der Waals surface area contributed by atoms with Crippen molar-refractivity contribution in [3.63, 3.8) is 0 Å². The number of carboxylic acid groups (broad SMARTS) is 3. The van der Waals surface area contributed by atoms with Gasteiger partial charge in [0.1, 0.15) is 12.2 Å². The summed E-state index contributed by atoms with van der Waals surface area (Å²) in [6.07, 6.45) is 58.8. The Morgan fingerprint density at radius 1 is 0.282 bits per heavy atom. The van der Waals surface area contributed by atoms with E-state index in [0.717, 1.165) is 38.5 Å². The van der Waals surface area contributed by atoms with Gasteiger partial charge < -0.3 is 40.5 Å². The van der Waals surface area contributed by atoms with Gasteiger partial charge in [0.25, 0.3) is 0 Å². The number of unbranched alkanes of at least 4 members (excludes halogenated alkanes) is 42. The predicted molar refractivity (Wildman–Crippen MR) is 299 cm³/mol. The molecule has 2 atom stereocenters. The lowest BCUT2D eigenvalue weighted by Crippen LogP contribution is -2.25. The van der Waals surface area contributed by atoms with Gasteiger partial charge in [0.15, 0.2) is 0 Å². The first-order valence-electron chi connectivity index (χ1n) is 30.3. The summed E-state index contributed by atoms with van der Waals surface area (Å²) in [6.45, 7) is 6.01. The third-order valence-electron chi connectivity index (χ3n) is 13.0. The highest BCUT2D eigenvalue weighted by molar-refractivity contribution is 5.67. The summed E-state index contributed by atoms with van der Waals surface area (Å²) in [5.74, 6) is -1.96. The second kappa shape index (κ2) is 70.3. The smallest absolute Gasteiger partial charge is 0.303 e. The molecule has 0 saturated carbocycles. The van der Waals surface area contributed by atoms with Crippen LogP contribution in [0.2, 0.25) is 0 Å². The molecule has 428 valence electrons. The molecule has 2 unspecified atom stereocenters. The van der Waals surface area contributed by atoms with Crippen LogP contribution in [0.3, 0.4) is 0 Å². The Bertz CT molecular complexity index is 883. The molecule has 0 spiro atoms. The van der Waals surface area contributed by atoms with Crippen LogP contribution in [0.4, 0.5) is 0 Å². The quantitative estimate of drug-likeness (QED) is 0.0286. The van der Waals surface area contributed by atoms with Crippen LogP contribution >= 0.6 is 0 Å². The molecule has 0 amide bonds. The molecule has 0 rings (SSSR count). The number of aliphatic hydroxyl groups excluding tert-OH is 4. The summed E-state index contributed by atoms with van der Waals surface area (Å²) in [5, 5.41) is 59.6. The highest BCUT2D eigenvalue weighted by Crippen LogP contribution is 2.17. The van der Waals surface area contributed by atoms with Crippen molar-refractivity contribution in [2.75, 3.05) is 26.4 Å². The van der Waals surface area contributed by atoms with Gasteiger partial charge in [-0.05, 0) is 19.3 Å². The maximum atomic E-state index is 10.3. The summed E-state index contributed by atoms with van der Waals surface area (Å²) in [5.41, 5.74) is 0. The molecular formula is C60H122O11. The minimum Gasteiger partial charge on any atom is -0.481 e. The van der Waals surface area contributed by atoms with Crippen LogP contribution in [-0.2, 0) is 19.1 Å². The minimum absolute atomic E-state index is 0.0342. The summed E-state index contributed by atoms with van der Waals surface area (Å²) in [4.78, 5) is 31.0. The van der Waals surface area contributed by atoms with Gasteiger partial charge in [0, 0.05) is 19.3 Å². The largest absolute Gasteiger partial charge is 0.481 e. The van der Waals surface area contributed by atoms with Crippen molar-refractivity contribution in [2.24, 2.45) is 0 Å². The van der Waals surface area contributed by atoms with Gasteiger partial charge in [0.2, 0.25) is 0 Å². The van der Waals surface area contributed by atoms with E-state index < -0.39 is 30.1 Å². The van der Waals surface area contributed by atoms with Gasteiger partial charge in [-0.2, -0.15) is 0 Å². The molecule has 0 aliphatic rings. The number of aliphatic hydroxyl groups is 4. The second-order valence-corrected chi connectivity index (χ2v) is 20.5. The molecule has 7 N–H and O–H groups in total. The Balaban J connectivity index is -0.000000430. The van der Waals surface area contributed by atoms with E-state index in [1.54, 1.807) is 0 Å². The Kier molecular flexibility index (Phi) is 75.0. The number of carboxylic acids is 3. The van der Waals surface area contributed by atoms with Gasteiger partial charge >= 0.3 is 17.9 Å². The fourth-order valence-electron chi connectivity index (χ4n) is 8.39. The molecule has 0 aromatic carbocycles. The molecule has 0 aromatic heterocycles. The van der Waals surface area contributed by atoms with Crippen molar-refractivity contribution < 1.29 is 54.9 Å². The first-order valence-corrected chi connectivity index (χ1v) is 30.3. The highest BCUT2D eigenvalue weighted by Gasteiger charge is 2.05. The fourth-order valence-corrected chi connectivity index (χ4v) is 8.39. The van der Waals surface area contributed by atoms with Gasteiger partial charge in [-0.3, -0.25) is 14.4 Å². The van der Waals surface area contributed by atoms with Crippen LogP contribution < -0.4 is 0 Å². The Morgan fingerprint density at radius 3 is 0.549 bits per heavy atom.